The van der Waals surface area contributed by atoms with Crippen LogP contribution >= 0.6 is 0 Å². The molecule has 3 rings (SSSR count). The molecule has 0 fully saturated rings. The van der Waals surface area contributed by atoms with Gasteiger partial charge in [0.15, 0.2) is 5.76 Å². The molecule has 0 spiro atoms. The highest BCUT2D eigenvalue weighted by molar-refractivity contribution is 6.05. The van der Waals surface area contributed by atoms with E-state index in [1.54, 1.807) is 56.5 Å². The number of furan rings is 1. The standard InChI is InChI=1S/C19H19N5O3/c1-11(23-24-19(20)21)12-3-5-14(6-4-12)22-18(25)17-10-13-9-15(26-2)7-8-16(13)27-17/h3-10H,1-2H3,(H,22,25)(H4,20,21,24)/b23-11+. The summed E-state index contributed by atoms with van der Waals surface area (Å²) >= 11 is 0. The number of hydrogen-bond donors (Lipinski definition) is 4. The largest absolute Gasteiger partial charge is 0.497 e. The zero-order chi connectivity index (χ0) is 19.4. The van der Waals surface area contributed by atoms with Gasteiger partial charge in [0.05, 0.1) is 12.8 Å². The Balaban J connectivity index is 1.72. The molecule has 0 saturated carbocycles. The minimum absolute atomic E-state index is 0.214. The number of hydrazone groups is 1. The number of carbonyl (C=O) groups excluding carboxylic acids is 1. The Morgan fingerprint density at radius 3 is 2.59 bits per heavy atom. The van der Waals surface area contributed by atoms with Crippen LogP contribution in [0.5, 0.6) is 5.75 Å². The fraction of sp³-hybridized carbons (Fsp3) is 0.105. The number of rotatable bonds is 5. The third kappa shape index (κ3) is 4.24. The van der Waals surface area contributed by atoms with Crippen LogP contribution in [0.3, 0.4) is 0 Å². The normalized spacial score (nSPS) is 11.3. The third-order valence-electron chi connectivity index (χ3n) is 3.85. The average Bonchev–Trinajstić information content (AvgIpc) is 3.10. The van der Waals surface area contributed by atoms with Gasteiger partial charge in [-0.05, 0) is 48.9 Å². The van der Waals surface area contributed by atoms with E-state index in [4.69, 9.17) is 20.3 Å². The summed E-state index contributed by atoms with van der Waals surface area (Å²) < 4.78 is 10.8. The second-order valence-corrected chi connectivity index (χ2v) is 5.77. The maximum atomic E-state index is 12.4. The number of guanidine groups is 1. The lowest BCUT2D eigenvalue weighted by molar-refractivity contribution is 0.0998. The molecule has 0 aliphatic rings. The van der Waals surface area contributed by atoms with E-state index in [1.165, 1.54) is 0 Å². The lowest BCUT2D eigenvalue weighted by Gasteiger charge is -2.05. The van der Waals surface area contributed by atoms with Gasteiger partial charge in [0.1, 0.15) is 11.3 Å². The molecule has 0 bridgehead atoms. The van der Waals surface area contributed by atoms with E-state index in [-0.39, 0.29) is 17.6 Å². The molecule has 0 saturated heterocycles. The highest BCUT2D eigenvalue weighted by Gasteiger charge is 2.13. The van der Waals surface area contributed by atoms with E-state index in [0.717, 1.165) is 10.9 Å². The number of anilines is 1. The Kier molecular flexibility index (Phi) is 5.07. The van der Waals surface area contributed by atoms with Crippen LogP contribution in [0.15, 0.2) is 58.0 Å². The number of carbonyl (C=O) groups is 1. The first-order chi connectivity index (χ1) is 13.0. The summed E-state index contributed by atoms with van der Waals surface area (Å²) in [5.74, 6) is 0.330. The Morgan fingerprint density at radius 1 is 1.19 bits per heavy atom. The summed E-state index contributed by atoms with van der Waals surface area (Å²) in [7, 11) is 1.58. The van der Waals surface area contributed by atoms with Crippen LogP contribution in [0, 0.1) is 5.41 Å². The SMILES string of the molecule is COc1ccc2oc(C(=O)Nc3ccc(/C(C)=N/NC(=N)N)cc3)cc2c1. The molecule has 27 heavy (non-hydrogen) atoms. The van der Waals surface area contributed by atoms with Crippen molar-refractivity contribution in [1.29, 1.82) is 5.41 Å². The van der Waals surface area contributed by atoms with Gasteiger partial charge < -0.3 is 20.2 Å². The van der Waals surface area contributed by atoms with Crippen molar-refractivity contribution >= 4 is 34.2 Å². The van der Waals surface area contributed by atoms with E-state index in [2.05, 4.69) is 15.8 Å². The average molecular weight is 365 g/mol. The van der Waals surface area contributed by atoms with Crippen LogP contribution in [0.25, 0.3) is 11.0 Å². The lowest BCUT2D eigenvalue weighted by Crippen LogP contribution is -2.26. The molecule has 5 N–H and O–H groups in total. The monoisotopic (exact) mass is 365 g/mol. The second-order valence-electron chi connectivity index (χ2n) is 5.77. The molecule has 1 aromatic heterocycles. The van der Waals surface area contributed by atoms with Gasteiger partial charge in [-0.25, -0.2) is 5.43 Å². The van der Waals surface area contributed by atoms with Crippen LogP contribution in [0.1, 0.15) is 23.0 Å². The van der Waals surface area contributed by atoms with Crippen molar-refractivity contribution in [2.75, 3.05) is 12.4 Å². The van der Waals surface area contributed by atoms with E-state index in [0.29, 0.717) is 22.7 Å². The van der Waals surface area contributed by atoms with E-state index in [9.17, 15) is 4.79 Å². The van der Waals surface area contributed by atoms with Gasteiger partial charge in [0.25, 0.3) is 5.91 Å². The second kappa shape index (κ2) is 7.61. The van der Waals surface area contributed by atoms with Gasteiger partial charge in [-0.3, -0.25) is 10.2 Å². The Labute approximate surface area is 155 Å². The van der Waals surface area contributed by atoms with Gasteiger partial charge >= 0.3 is 0 Å². The summed E-state index contributed by atoms with van der Waals surface area (Å²) in [6.07, 6.45) is 0. The number of ether oxygens (including phenoxy) is 1. The van der Waals surface area contributed by atoms with E-state index < -0.39 is 0 Å². The minimum atomic E-state index is -0.346. The Bertz CT molecular complexity index is 1020. The van der Waals surface area contributed by atoms with Gasteiger partial charge in [-0.2, -0.15) is 5.10 Å². The zero-order valence-electron chi connectivity index (χ0n) is 14.9. The van der Waals surface area contributed by atoms with Crippen molar-refractivity contribution in [3.63, 3.8) is 0 Å². The van der Waals surface area contributed by atoms with Crippen molar-refractivity contribution in [1.82, 2.24) is 5.43 Å². The molecule has 0 aliphatic heterocycles. The van der Waals surface area contributed by atoms with Gasteiger partial charge in [-0.15, -0.1) is 0 Å². The first kappa shape index (κ1) is 18.0. The molecule has 8 heteroatoms. The minimum Gasteiger partial charge on any atom is -0.497 e. The van der Waals surface area contributed by atoms with E-state index in [1.807, 2.05) is 6.07 Å². The van der Waals surface area contributed by atoms with E-state index >= 15 is 0 Å². The number of nitrogens with one attached hydrogen (secondary N) is 3. The van der Waals surface area contributed by atoms with Crippen molar-refractivity contribution in [2.24, 2.45) is 10.8 Å². The van der Waals surface area contributed by atoms with Crippen molar-refractivity contribution < 1.29 is 13.9 Å². The van der Waals surface area contributed by atoms with Gasteiger partial charge in [-0.1, -0.05) is 12.1 Å². The van der Waals surface area contributed by atoms with Gasteiger partial charge in [0.2, 0.25) is 5.96 Å². The van der Waals surface area contributed by atoms with Crippen molar-refractivity contribution in [3.8, 4) is 5.75 Å². The highest BCUT2D eigenvalue weighted by atomic mass is 16.5. The summed E-state index contributed by atoms with van der Waals surface area (Å²) in [6, 6.07) is 14.1. The first-order valence-electron chi connectivity index (χ1n) is 8.10. The number of methoxy groups -OCH3 is 1. The molecule has 138 valence electrons. The number of hydrogen-bond acceptors (Lipinski definition) is 5. The molecule has 0 unspecified atom stereocenters. The fourth-order valence-corrected chi connectivity index (χ4v) is 2.46. The predicted octanol–water partition coefficient (Wildman–Crippen LogP) is 2.90. The summed E-state index contributed by atoms with van der Waals surface area (Å²) in [5, 5.41) is 14.7. The fourth-order valence-electron chi connectivity index (χ4n) is 2.46. The van der Waals surface area contributed by atoms with Crippen molar-refractivity contribution in [3.05, 3.63) is 59.9 Å². The summed E-state index contributed by atoms with van der Waals surface area (Å²) in [5.41, 5.74) is 10.3. The van der Waals surface area contributed by atoms with Crippen LogP contribution < -0.4 is 21.2 Å². The zero-order valence-corrected chi connectivity index (χ0v) is 14.9. The molecule has 1 amide bonds. The number of amides is 1. The lowest BCUT2D eigenvalue weighted by atomic mass is 10.1. The molecule has 8 nitrogen and oxygen atoms in total. The Hall–Kier alpha value is -3.81. The smallest absolute Gasteiger partial charge is 0.291 e. The molecular formula is C19H19N5O3. The first-order valence-corrected chi connectivity index (χ1v) is 8.10. The van der Waals surface area contributed by atoms with Crippen LogP contribution in [-0.2, 0) is 0 Å². The Morgan fingerprint density at radius 2 is 1.93 bits per heavy atom. The highest BCUT2D eigenvalue weighted by Crippen LogP contribution is 2.24. The molecule has 0 atom stereocenters. The van der Waals surface area contributed by atoms with Gasteiger partial charge in [0, 0.05) is 11.1 Å². The molecule has 2 aromatic carbocycles. The number of nitrogens with two attached hydrogens (primary N) is 1. The number of nitrogens with zero attached hydrogens (tertiary/aromatic N) is 1. The topological polar surface area (TPSA) is 126 Å². The molecule has 3 aromatic rings. The third-order valence-corrected chi connectivity index (χ3v) is 3.85. The predicted molar refractivity (Wildman–Crippen MR) is 104 cm³/mol. The summed E-state index contributed by atoms with van der Waals surface area (Å²) in [4.78, 5) is 12.4. The maximum absolute atomic E-state index is 12.4. The van der Waals surface area contributed by atoms with Crippen LogP contribution in [0.4, 0.5) is 5.69 Å². The number of benzene rings is 2. The molecule has 1 heterocycles. The quantitative estimate of drug-likeness (QED) is 0.314. The van der Waals surface area contributed by atoms with Crippen molar-refractivity contribution in [2.45, 2.75) is 6.92 Å². The molecule has 0 radical (unpaired) electrons. The molecule has 0 aliphatic carbocycles. The van der Waals surface area contributed by atoms with Crippen LogP contribution in [-0.4, -0.2) is 24.7 Å². The van der Waals surface area contributed by atoms with Crippen LogP contribution in [0.2, 0.25) is 0 Å². The number of fused-ring (bicyclic) bond motifs is 1. The summed E-state index contributed by atoms with van der Waals surface area (Å²) in [6.45, 7) is 1.78. The maximum Gasteiger partial charge on any atom is 0.291 e. The molecular weight excluding hydrogens is 346 g/mol.